The first-order chi connectivity index (χ1) is 7.74. The Morgan fingerprint density at radius 1 is 1.69 bits per heavy atom. The first kappa shape index (κ1) is 12.1. The number of pyridine rings is 1. The number of hydrogen-bond acceptors (Lipinski definition) is 4. The molecule has 16 heavy (non-hydrogen) atoms. The molecule has 0 aliphatic heterocycles. The summed E-state index contributed by atoms with van der Waals surface area (Å²) in [4.78, 5) is 15.2. The molecule has 1 atom stereocenters. The van der Waals surface area contributed by atoms with Crippen LogP contribution in [0.4, 0.5) is 0 Å². The number of nitrogens with one attached hydrogen (secondary N) is 2. The minimum absolute atomic E-state index is 0.0434. The molecule has 0 bridgehead atoms. The Hall–Kier alpha value is -1.93. The van der Waals surface area contributed by atoms with Crippen LogP contribution in [0.1, 0.15) is 18.5 Å². The number of carbonyl (C=O) groups excluding carboxylic acids is 1. The second-order valence-electron chi connectivity index (χ2n) is 3.32. The largest absolute Gasteiger partial charge is 0.342 e. The Morgan fingerprint density at radius 3 is 3.12 bits per heavy atom. The van der Waals surface area contributed by atoms with E-state index in [0.29, 0.717) is 0 Å². The molecule has 5 nitrogen and oxygen atoms in total. The van der Waals surface area contributed by atoms with E-state index in [9.17, 15) is 4.79 Å². The van der Waals surface area contributed by atoms with Crippen molar-refractivity contribution in [1.82, 2.24) is 15.6 Å². The third kappa shape index (κ3) is 4.07. The third-order valence-electron chi connectivity index (χ3n) is 2.12. The van der Waals surface area contributed by atoms with E-state index in [4.69, 9.17) is 5.26 Å². The molecule has 84 valence electrons. The summed E-state index contributed by atoms with van der Waals surface area (Å²) in [5, 5.41) is 13.8. The molecule has 0 unspecified atom stereocenters. The van der Waals surface area contributed by atoms with E-state index in [2.05, 4.69) is 15.6 Å². The van der Waals surface area contributed by atoms with Crippen LogP contribution in [0.3, 0.4) is 0 Å². The van der Waals surface area contributed by atoms with Crippen molar-refractivity contribution in [3.05, 3.63) is 30.1 Å². The van der Waals surface area contributed by atoms with Gasteiger partial charge >= 0.3 is 0 Å². The molecular weight excluding hydrogens is 204 g/mol. The van der Waals surface area contributed by atoms with E-state index in [0.717, 1.165) is 5.56 Å². The summed E-state index contributed by atoms with van der Waals surface area (Å²) >= 11 is 0. The molecule has 2 N–H and O–H groups in total. The summed E-state index contributed by atoms with van der Waals surface area (Å²) in [6.07, 6.45) is 3.46. The zero-order valence-electron chi connectivity index (χ0n) is 9.10. The number of aromatic nitrogens is 1. The topological polar surface area (TPSA) is 77.8 Å². The van der Waals surface area contributed by atoms with E-state index in [1.54, 1.807) is 12.4 Å². The van der Waals surface area contributed by atoms with E-state index in [1.165, 1.54) is 0 Å². The lowest BCUT2D eigenvalue weighted by Crippen LogP contribution is -2.35. The highest BCUT2D eigenvalue weighted by Gasteiger charge is 2.06. The van der Waals surface area contributed by atoms with Crippen LogP contribution < -0.4 is 10.6 Å². The highest BCUT2D eigenvalue weighted by molar-refractivity contribution is 5.78. The van der Waals surface area contributed by atoms with Gasteiger partial charge in [0.05, 0.1) is 12.6 Å². The Morgan fingerprint density at radius 2 is 2.50 bits per heavy atom. The highest BCUT2D eigenvalue weighted by atomic mass is 16.1. The van der Waals surface area contributed by atoms with Gasteiger partial charge in [0.2, 0.25) is 5.91 Å². The standard InChI is InChI=1S/C11H14N4O/c1-9(10-3-2-5-13-7-10)15-8-11(16)14-6-4-12/h2-3,5,7,9,15H,6,8H2,1H3,(H,14,16)/t9-/m0/s1. The molecule has 0 saturated heterocycles. The van der Waals surface area contributed by atoms with Crippen LogP contribution in [0, 0.1) is 11.3 Å². The fourth-order valence-electron chi connectivity index (χ4n) is 1.20. The van der Waals surface area contributed by atoms with Crippen LogP contribution in [-0.4, -0.2) is 24.0 Å². The van der Waals surface area contributed by atoms with Gasteiger partial charge in [0.1, 0.15) is 6.54 Å². The maximum atomic E-state index is 11.2. The van der Waals surface area contributed by atoms with Gasteiger partial charge in [-0.1, -0.05) is 6.07 Å². The fourth-order valence-corrected chi connectivity index (χ4v) is 1.20. The summed E-state index contributed by atoms with van der Waals surface area (Å²) in [6, 6.07) is 5.70. The van der Waals surface area contributed by atoms with E-state index >= 15 is 0 Å². The predicted octanol–water partition coefficient (Wildman–Crippen LogP) is 0.372. The summed E-state index contributed by atoms with van der Waals surface area (Å²) in [7, 11) is 0. The molecule has 5 heteroatoms. The summed E-state index contributed by atoms with van der Waals surface area (Å²) < 4.78 is 0. The molecular formula is C11H14N4O. The zero-order valence-corrected chi connectivity index (χ0v) is 9.10. The van der Waals surface area contributed by atoms with Gasteiger partial charge in [0.15, 0.2) is 0 Å². The van der Waals surface area contributed by atoms with Crippen molar-refractivity contribution in [2.75, 3.05) is 13.1 Å². The normalized spacial score (nSPS) is 11.5. The monoisotopic (exact) mass is 218 g/mol. The van der Waals surface area contributed by atoms with Crippen LogP contribution in [-0.2, 0) is 4.79 Å². The van der Waals surface area contributed by atoms with Gasteiger partial charge in [-0.15, -0.1) is 0 Å². The first-order valence-corrected chi connectivity index (χ1v) is 5.01. The number of carbonyl (C=O) groups is 1. The molecule has 0 aliphatic rings. The van der Waals surface area contributed by atoms with Crippen molar-refractivity contribution in [2.45, 2.75) is 13.0 Å². The molecule has 1 rings (SSSR count). The Bertz CT molecular complexity index is 371. The molecule has 1 aromatic rings. The average Bonchev–Trinajstić information content (AvgIpc) is 2.34. The van der Waals surface area contributed by atoms with Crippen molar-refractivity contribution >= 4 is 5.91 Å². The molecule has 1 amide bonds. The molecule has 0 fully saturated rings. The van der Waals surface area contributed by atoms with Gasteiger partial charge in [0, 0.05) is 18.4 Å². The number of hydrogen-bond donors (Lipinski definition) is 2. The van der Waals surface area contributed by atoms with Crippen molar-refractivity contribution in [3.8, 4) is 6.07 Å². The van der Waals surface area contributed by atoms with E-state index in [1.807, 2.05) is 25.1 Å². The minimum atomic E-state index is -0.183. The van der Waals surface area contributed by atoms with Crippen LogP contribution in [0.2, 0.25) is 0 Å². The number of rotatable bonds is 5. The van der Waals surface area contributed by atoms with E-state index < -0.39 is 0 Å². The fraction of sp³-hybridized carbons (Fsp3) is 0.364. The third-order valence-corrected chi connectivity index (χ3v) is 2.12. The van der Waals surface area contributed by atoms with Gasteiger partial charge in [-0.2, -0.15) is 5.26 Å². The lowest BCUT2D eigenvalue weighted by molar-refractivity contribution is -0.120. The second kappa shape index (κ2) is 6.53. The molecule has 0 spiro atoms. The molecule has 0 aromatic carbocycles. The maximum absolute atomic E-state index is 11.2. The van der Waals surface area contributed by atoms with Gasteiger partial charge in [-0.3, -0.25) is 9.78 Å². The average molecular weight is 218 g/mol. The Labute approximate surface area is 94.5 Å². The second-order valence-corrected chi connectivity index (χ2v) is 3.32. The molecule has 1 aromatic heterocycles. The molecule has 0 radical (unpaired) electrons. The van der Waals surface area contributed by atoms with Gasteiger partial charge in [0.25, 0.3) is 0 Å². The number of nitriles is 1. The minimum Gasteiger partial charge on any atom is -0.342 e. The number of amides is 1. The van der Waals surface area contributed by atoms with Crippen LogP contribution in [0.25, 0.3) is 0 Å². The smallest absolute Gasteiger partial charge is 0.234 e. The predicted molar refractivity (Wildman–Crippen MR) is 59.3 cm³/mol. The van der Waals surface area contributed by atoms with Crippen LogP contribution in [0.5, 0.6) is 0 Å². The molecule has 0 aliphatic carbocycles. The highest BCUT2D eigenvalue weighted by Crippen LogP contribution is 2.08. The van der Waals surface area contributed by atoms with Crippen LogP contribution in [0.15, 0.2) is 24.5 Å². The van der Waals surface area contributed by atoms with Crippen LogP contribution >= 0.6 is 0 Å². The zero-order chi connectivity index (χ0) is 11.8. The van der Waals surface area contributed by atoms with Crippen molar-refractivity contribution < 1.29 is 4.79 Å². The van der Waals surface area contributed by atoms with Gasteiger partial charge < -0.3 is 10.6 Å². The van der Waals surface area contributed by atoms with Gasteiger partial charge in [-0.05, 0) is 18.6 Å². The lowest BCUT2D eigenvalue weighted by Gasteiger charge is -2.12. The molecule has 1 heterocycles. The summed E-state index contributed by atoms with van der Waals surface area (Å²) in [5.41, 5.74) is 1.02. The Kier molecular flexibility index (Phi) is 4.96. The lowest BCUT2D eigenvalue weighted by atomic mass is 10.1. The molecule has 0 saturated carbocycles. The van der Waals surface area contributed by atoms with Gasteiger partial charge in [-0.25, -0.2) is 0 Å². The SMILES string of the molecule is C[C@H](NCC(=O)NCC#N)c1cccnc1. The summed E-state index contributed by atoms with van der Waals surface area (Å²) in [5.74, 6) is -0.183. The van der Waals surface area contributed by atoms with Crippen molar-refractivity contribution in [2.24, 2.45) is 0 Å². The first-order valence-electron chi connectivity index (χ1n) is 5.01. The summed E-state index contributed by atoms with van der Waals surface area (Å²) in [6.45, 7) is 2.19. The number of nitrogens with zero attached hydrogens (tertiary/aromatic N) is 2. The maximum Gasteiger partial charge on any atom is 0.234 e. The van der Waals surface area contributed by atoms with Crippen molar-refractivity contribution in [3.63, 3.8) is 0 Å². The quantitative estimate of drug-likeness (QED) is 0.700. The Balaban J connectivity index is 2.33. The van der Waals surface area contributed by atoms with E-state index in [-0.39, 0.29) is 25.0 Å². The van der Waals surface area contributed by atoms with Crippen molar-refractivity contribution in [1.29, 1.82) is 5.26 Å².